The first-order chi connectivity index (χ1) is 12.8. The quantitative estimate of drug-likeness (QED) is 0.650. The van der Waals surface area contributed by atoms with Crippen LogP contribution in [0.1, 0.15) is 29.7 Å². The van der Waals surface area contributed by atoms with E-state index < -0.39 is 0 Å². The van der Waals surface area contributed by atoms with Crippen molar-refractivity contribution in [3.05, 3.63) is 107 Å². The molecular formula is C24H21NO. The zero-order chi connectivity index (χ0) is 17.6. The minimum atomic E-state index is -0.111. The van der Waals surface area contributed by atoms with Gasteiger partial charge in [0.2, 0.25) is 0 Å². The predicted octanol–water partition coefficient (Wildman–Crippen LogP) is 5.38. The lowest BCUT2D eigenvalue weighted by Gasteiger charge is -2.52. The molecule has 3 aromatic rings. The van der Waals surface area contributed by atoms with Crippen molar-refractivity contribution in [3.63, 3.8) is 0 Å². The molecule has 0 aliphatic heterocycles. The number of rotatable bonds is 3. The van der Waals surface area contributed by atoms with Gasteiger partial charge in [-0.2, -0.15) is 0 Å². The molecule has 2 bridgehead atoms. The number of hydrogen-bond acceptors (Lipinski definition) is 2. The Morgan fingerprint density at radius 3 is 2.04 bits per heavy atom. The Balaban J connectivity index is 1.68. The van der Waals surface area contributed by atoms with Gasteiger partial charge in [-0.1, -0.05) is 66.7 Å². The molecule has 6 rings (SSSR count). The molecule has 26 heavy (non-hydrogen) atoms. The molecule has 2 aromatic carbocycles. The maximum absolute atomic E-state index is 11.0. The summed E-state index contributed by atoms with van der Waals surface area (Å²) in [4.78, 5) is 4.75. The van der Waals surface area contributed by atoms with Crippen LogP contribution in [0.4, 0.5) is 0 Å². The molecular weight excluding hydrogens is 318 g/mol. The largest absolute Gasteiger partial charge is 0.507 e. The molecule has 128 valence electrons. The van der Waals surface area contributed by atoms with Crippen LogP contribution in [0.3, 0.4) is 0 Å². The molecule has 0 spiro atoms. The highest BCUT2D eigenvalue weighted by Crippen LogP contribution is 2.69. The molecule has 3 aliphatic carbocycles. The van der Waals surface area contributed by atoms with Crippen LogP contribution >= 0.6 is 0 Å². The van der Waals surface area contributed by atoms with Gasteiger partial charge < -0.3 is 5.11 Å². The van der Waals surface area contributed by atoms with Crippen LogP contribution in [0.2, 0.25) is 0 Å². The number of aliphatic hydroxyl groups excluding tert-OH is 1. The highest BCUT2D eigenvalue weighted by Gasteiger charge is 2.66. The van der Waals surface area contributed by atoms with Crippen LogP contribution < -0.4 is 0 Å². The van der Waals surface area contributed by atoms with E-state index in [1.807, 2.05) is 42.6 Å². The minimum absolute atomic E-state index is 0.111. The fourth-order valence-corrected chi connectivity index (χ4v) is 5.30. The van der Waals surface area contributed by atoms with Crippen LogP contribution in [0.15, 0.2) is 90.6 Å². The van der Waals surface area contributed by atoms with Crippen LogP contribution in [-0.2, 0) is 5.41 Å². The molecule has 0 radical (unpaired) electrons. The van der Waals surface area contributed by atoms with Gasteiger partial charge in [0.25, 0.3) is 0 Å². The Morgan fingerprint density at radius 1 is 0.808 bits per heavy atom. The van der Waals surface area contributed by atoms with E-state index in [1.165, 1.54) is 11.1 Å². The summed E-state index contributed by atoms with van der Waals surface area (Å²) in [5, 5.41) is 11.0. The van der Waals surface area contributed by atoms with Crippen molar-refractivity contribution in [1.29, 1.82) is 0 Å². The van der Waals surface area contributed by atoms with Gasteiger partial charge in [0.1, 0.15) is 5.76 Å². The number of aromatic nitrogens is 1. The van der Waals surface area contributed by atoms with Crippen molar-refractivity contribution in [1.82, 2.24) is 4.98 Å². The van der Waals surface area contributed by atoms with Crippen molar-refractivity contribution >= 4 is 5.76 Å². The molecule has 3 aliphatic rings. The van der Waals surface area contributed by atoms with Gasteiger partial charge in [0.05, 0.1) is 11.1 Å². The lowest BCUT2D eigenvalue weighted by molar-refractivity contribution is 0.232. The van der Waals surface area contributed by atoms with Gasteiger partial charge in [-0.3, -0.25) is 4.98 Å². The van der Waals surface area contributed by atoms with Crippen LogP contribution in [0.5, 0.6) is 0 Å². The Morgan fingerprint density at radius 2 is 1.42 bits per heavy atom. The smallest absolute Gasteiger partial charge is 0.122 e. The maximum Gasteiger partial charge on any atom is 0.122 e. The minimum Gasteiger partial charge on any atom is -0.507 e. The first-order valence-electron chi connectivity index (χ1n) is 9.29. The molecule has 0 amide bonds. The van der Waals surface area contributed by atoms with E-state index in [4.69, 9.17) is 4.98 Å². The SMILES string of the molecule is OC(=C1[C@H]2CC[C@@H]1C2(c1ccccc1)c1ccccn1)c1ccccc1. The Kier molecular flexibility index (Phi) is 3.46. The summed E-state index contributed by atoms with van der Waals surface area (Å²) >= 11 is 0. The molecule has 3 atom stereocenters. The molecule has 1 N–H and O–H groups in total. The third-order valence-electron chi connectivity index (χ3n) is 6.25. The van der Waals surface area contributed by atoms with E-state index in [2.05, 4.69) is 42.5 Å². The van der Waals surface area contributed by atoms with E-state index in [1.54, 1.807) is 0 Å². The van der Waals surface area contributed by atoms with Gasteiger partial charge in [0.15, 0.2) is 0 Å². The molecule has 3 saturated carbocycles. The Labute approximate surface area is 153 Å². The summed E-state index contributed by atoms with van der Waals surface area (Å²) in [5.41, 5.74) is 4.47. The fraction of sp³-hybridized carbons (Fsp3) is 0.208. The molecule has 0 saturated heterocycles. The normalized spacial score (nSPS) is 28.5. The summed E-state index contributed by atoms with van der Waals surface area (Å²) in [6.07, 6.45) is 4.09. The maximum atomic E-state index is 11.0. The van der Waals surface area contributed by atoms with Gasteiger partial charge in [-0.05, 0) is 47.9 Å². The van der Waals surface area contributed by atoms with E-state index in [0.29, 0.717) is 17.6 Å². The average Bonchev–Trinajstić information content (AvgIpc) is 3.33. The van der Waals surface area contributed by atoms with E-state index >= 15 is 0 Å². The number of allylic oxidation sites excluding steroid dienone is 1. The monoisotopic (exact) mass is 339 g/mol. The van der Waals surface area contributed by atoms with Gasteiger partial charge >= 0.3 is 0 Å². The number of hydrogen-bond donors (Lipinski definition) is 1. The summed E-state index contributed by atoms with van der Waals surface area (Å²) in [6, 6.07) is 26.8. The van der Waals surface area contributed by atoms with E-state index in [-0.39, 0.29) is 5.41 Å². The molecule has 2 nitrogen and oxygen atoms in total. The highest BCUT2D eigenvalue weighted by molar-refractivity contribution is 5.69. The fourth-order valence-electron chi connectivity index (χ4n) is 5.30. The van der Waals surface area contributed by atoms with Crippen LogP contribution in [0, 0.1) is 11.8 Å². The number of aliphatic hydroxyl groups is 1. The summed E-state index contributed by atoms with van der Waals surface area (Å²) < 4.78 is 0. The topological polar surface area (TPSA) is 33.1 Å². The first kappa shape index (κ1) is 15.4. The van der Waals surface area contributed by atoms with Gasteiger partial charge in [0, 0.05) is 11.8 Å². The molecule has 2 heteroatoms. The third-order valence-corrected chi connectivity index (χ3v) is 6.25. The van der Waals surface area contributed by atoms with Crippen LogP contribution in [-0.4, -0.2) is 10.1 Å². The van der Waals surface area contributed by atoms with E-state index in [0.717, 1.165) is 24.1 Å². The van der Waals surface area contributed by atoms with Crippen molar-refractivity contribution in [3.8, 4) is 0 Å². The summed E-state index contributed by atoms with van der Waals surface area (Å²) in [7, 11) is 0. The summed E-state index contributed by atoms with van der Waals surface area (Å²) in [6.45, 7) is 0. The molecule has 1 aromatic heterocycles. The lowest BCUT2D eigenvalue weighted by atomic mass is 9.50. The Hall–Kier alpha value is -2.87. The van der Waals surface area contributed by atoms with E-state index in [9.17, 15) is 5.11 Å². The first-order valence-corrected chi connectivity index (χ1v) is 9.29. The second-order valence-electron chi connectivity index (χ2n) is 7.30. The average molecular weight is 339 g/mol. The van der Waals surface area contributed by atoms with Crippen molar-refractivity contribution < 1.29 is 5.11 Å². The van der Waals surface area contributed by atoms with Crippen LogP contribution in [0.25, 0.3) is 5.76 Å². The number of nitrogens with zero attached hydrogens (tertiary/aromatic N) is 1. The van der Waals surface area contributed by atoms with Crippen molar-refractivity contribution in [2.75, 3.05) is 0 Å². The van der Waals surface area contributed by atoms with Gasteiger partial charge in [-0.15, -0.1) is 0 Å². The molecule has 3 fully saturated rings. The number of benzene rings is 2. The van der Waals surface area contributed by atoms with Crippen molar-refractivity contribution in [2.45, 2.75) is 18.3 Å². The zero-order valence-electron chi connectivity index (χ0n) is 14.5. The second-order valence-corrected chi connectivity index (χ2v) is 7.30. The highest BCUT2D eigenvalue weighted by atomic mass is 16.3. The number of fused-ring (bicyclic) bond motifs is 1. The third kappa shape index (κ3) is 1.96. The predicted molar refractivity (Wildman–Crippen MR) is 104 cm³/mol. The summed E-state index contributed by atoms with van der Waals surface area (Å²) in [5.74, 6) is 1.09. The van der Waals surface area contributed by atoms with Gasteiger partial charge in [-0.25, -0.2) is 0 Å². The zero-order valence-corrected chi connectivity index (χ0v) is 14.5. The van der Waals surface area contributed by atoms with Crippen molar-refractivity contribution in [2.24, 2.45) is 11.8 Å². The standard InChI is InChI=1S/C24H21NO/c26-23(17-9-3-1-4-10-17)22-19-14-15-20(22)24(19,18-11-5-2-6-12-18)21-13-7-8-16-25-21/h1-13,16,19-20,26H,14-15H2/t19-,20+,24?. The second kappa shape index (κ2) is 5.84. The Bertz CT molecular complexity index is 892. The molecule has 1 unspecified atom stereocenters. The number of pyridine rings is 1. The lowest BCUT2D eigenvalue weighted by Crippen LogP contribution is -2.51. The molecule has 1 heterocycles.